The van der Waals surface area contributed by atoms with Crippen LogP contribution in [0.25, 0.3) is 0 Å². The molecule has 0 aromatic heterocycles. The maximum Gasteiger partial charge on any atom is 0.455 e. The first-order valence-electron chi connectivity index (χ1n) is 4.75. The average Bonchev–Trinajstić information content (AvgIpc) is 2.29. The minimum absolute atomic E-state index is 0.295. The van der Waals surface area contributed by atoms with Gasteiger partial charge in [0.05, 0.1) is 11.6 Å². The molecule has 0 spiro atoms. The van der Waals surface area contributed by atoms with Crippen molar-refractivity contribution in [2.24, 2.45) is 5.73 Å². The number of hydrogen-bond donors (Lipinski definition) is 1. The molecule has 1 unspecified atom stereocenters. The van der Waals surface area contributed by atoms with Gasteiger partial charge in [0.25, 0.3) is 0 Å². The van der Waals surface area contributed by atoms with E-state index in [0.717, 1.165) is 13.2 Å². The molecule has 1 aromatic rings. The predicted molar refractivity (Wildman–Crippen MR) is 58.6 cm³/mol. The third-order valence-electron chi connectivity index (χ3n) is 2.38. The normalized spacial score (nSPS) is 14.4. The molecule has 0 aliphatic heterocycles. The molecule has 2 N–H and O–H groups in total. The van der Waals surface area contributed by atoms with E-state index in [4.69, 9.17) is 5.73 Å². The van der Waals surface area contributed by atoms with Crippen LogP contribution < -0.4 is 10.5 Å². The van der Waals surface area contributed by atoms with Crippen LogP contribution in [0.15, 0.2) is 16.6 Å². The van der Waals surface area contributed by atoms with Crippen LogP contribution in [0, 0.1) is 5.82 Å². The molecular formula is C10H8BrF6NO. The lowest BCUT2D eigenvalue weighted by molar-refractivity contribution is -0.291. The highest BCUT2D eigenvalue weighted by atomic mass is 79.9. The Morgan fingerprint density at radius 2 is 1.74 bits per heavy atom. The molecule has 2 nitrogen and oxygen atoms in total. The molecule has 0 aliphatic carbocycles. The Morgan fingerprint density at radius 3 is 2.16 bits per heavy atom. The molecule has 1 rings (SSSR count). The summed E-state index contributed by atoms with van der Waals surface area (Å²) in [5.74, 6) is -6.53. The third kappa shape index (κ3) is 2.97. The number of halogens is 7. The maximum absolute atomic E-state index is 13.2. The maximum atomic E-state index is 13.2. The monoisotopic (exact) mass is 351 g/mol. The molecule has 0 bridgehead atoms. The van der Waals surface area contributed by atoms with E-state index in [-0.39, 0.29) is 4.47 Å². The fraction of sp³-hybridized carbons (Fsp3) is 0.400. The predicted octanol–water partition coefficient (Wildman–Crippen LogP) is 3.79. The van der Waals surface area contributed by atoms with Crippen molar-refractivity contribution in [2.75, 3.05) is 7.11 Å². The van der Waals surface area contributed by atoms with Crippen LogP contribution in [-0.4, -0.2) is 19.2 Å². The van der Waals surface area contributed by atoms with Gasteiger partial charge in [0, 0.05) is 11.6 Å². The van der Waals surface area contributed by atoms with Gasteiger partial charge in [-0.15, -0.1) is 0 Å². The molecule has 0 aliphatic rings. The standard InChI is InChI=1S/C10H8BrF6NO/c1-19-7-3-6(12)5(11)2-4(7)8(18)9(13,14)10(15,16)17/h2-3,8H,18H2,1H3. The van der Waals surface area contributed by atoms with E-state index in [1.165, 1.54) is 0 Å². The van der Waals surface area contributed by atoms with Crippen LogP contribution in [0.4, 0.5) is 26.3 Å². The summed E-state index contributed by atoms with van der Waals surface area (Å²) in [6, 6.07) is -1.30. The molecule has 0 amide bonds. The molecule has 1 atom stereocenters. The zero-order chi connectivity index (χ0) is 15.0. The Hall–Kier alpha value is -0.960. The fourth-order valence-electron chi connectivity index (χ4n) is 1.34. The van der Waals surface area contributed by atoms with Gasteiger partial charge in [0.2, 0.25) is 0 Å². The van der Waals surface area contributed by atoms with E-state index < -0.39 is 35.3 Å². The topological polar surface area (TPSA) is 35.2 Å². The number of hydrogen-bond acceptors (Lipinski definition) is 2. The summed E-state index contributed by atoms with van der Waals surface area (Å²) in [4.78, 5) is 0. The van der Waals surface area contributed by atoms with Gasteiger partial charge in [-0.3, -0.25) is 0 Å². The van der Waals surface area contributed by atoms with Crippen LogP contribution in [0.2, 0.25) is 0 Å². The SMILES string of the molecule is COc1cc(F)c(Br)cc1C(N)C(F)(F)C(F)(F)F. The van der Waals surface area contributed by atoms with E-state index in [9.17, 15) is 26.3 Å². The number of benzene rings is 1. The Bertz CT molecular complexity index is 476. The second-order valence-electron chi connectivity index (χ2n) is 3.61. The van der Waals surface area contributed by atoms with Gasteiger partial charge in [0.15, 0.2) is 0 Å². The fourth-order valence-corrected chi connectivity index (χ4v) is 1.70. The van der Waals surface area contributed by atoms with Crippen molar-refractivity contribution in [1.29, 1.82) is 0 Å². The van der Waals surface area contributed by atoms with Gasteiger partial charge >= 0.3 is 12.1 Å². The van der Waals surface area contributed by atoms with Crippen LogP contribution in [0.3, 0.4) is 0 Å². The Kier molecular flexibility index (Phi) is 4.40. The Morgan fingerprint density at radius 1 is 1.21 bits per heavy atom. The molecule has 1 aromatic carbocycles. The highest BCUT2D eigenvalue weighted by Crippen LogP contribution is 2.45. The lowest BCUT2D eigenvalue weighted by Gasteiger charge is -2.27. The number of nitrogens with two attached hydrogens (primary N) is 1. The second kappa shape index (κ2) is 5.20. The van der Waals surface area contributed by atoms with E-state index in [2.05, 4.69) is 20.7 Å². The quantitative estimate of drug-likeness (QED) is 0.841. The zero-order valence-corrected chi connectivity index (χ0v) is 10.9. The first-order valence-corrected chi connectivity index (χ1v) is 5.54. The lowest BCUT2D eigenvalue weighted by Crippen LogP contribution is -2.46. The van der Waals surface area contributed by atoms with Gasteiger partial charge in [-0.1, -0.05) is 0 Å². The molecule has 0 radical (unpaired) electrons. The van der Waals surface area contributed by atoms with Crippen molar-refractivity contribution in [3.8, 4) is 5.75 Å². The van der Waals surface area contributed by atoms with Crippen LogP contribution >= 0.6 is 15.9 Å². The van der Waals surface area contributed by atoms with Crippen LogP contribution in [0.5, 0.6) is 5.75 Å². The van der Waals surface area contributed by atoms with Crippen molar-refractivity contribution in [1.82, 2.24) is 0 Å². The Labute approximate surface area is 112 Å². The summed E-state index contributed by atoms with van der Waals surface area (Å²) in [5.41, 5.74) is 4.31. The van der Waals surface area contributed by atoms with Gasteiger partial charge in [-0.2, -0.15) is 22.0 Å². The van der Waals surface area contributed by atoms with E-state index >= 15 is 0 Å². The molecular weight excluding hydrogens is 344 g/mol. The van der Waals surface area contributed by atoms with Crippen molar-refractivity contribution >= 4 is 15.9 Å². The minimum atomic E-state index is -5.82. The molecule has 9 heteroatoms. The number of rotatable bonds is 3. The van der Waals surface area contributed by atoms with Gasteiger partial charge in [0.1, 0.15) is 17.6 Å². The molecule has 0 saturated carbocycles. The lowest BCUT2D eigenvalue weighted by atomic mass is 10.00. The summed E-state index contributed by atoms with van der Waals surface area (Å²) < 4.78 is 80.4. The summed E-state index contributed by atoms with van der Waals surface area (Å²) in [7, 11) is 1.00. The summed E-state index contributed by atoms with van der Waals surface area (Å²) >= 11 is 2.68. The van der Waals surface area contributed by atoms with E-state index in [1.807, 2.05) is 0 Å². The summed E-state index contributed by atoms with van der Waals surface area (Å²) in [5, 5.41) is 0. The van der Waals surface area contributed by atoms with Gasteiger partial charge in [-0.05, 0) is 22.0 Å². The number of methoxy groups -OCH3 is 1. The first kappa shape index (κ1) is 16.1. The van der Waals surface area contributed by atoms with E-state index in [0.29, 0.717) is 6.07 Å². The van der Waals surface area contributed by atoms with Gasteiger partial charge < -0.3 is 10.5 Å². The Balaban J connectivity index is 3.34. The van der Waals surface area contributed by atoms with Crippen molar-refractivity contribution in [2.45, 2.75) is 18.1 Å². The molecule has 19 heavy (non-hydrogen) atoms. The average molecular weight is 352 g/mol. The smallest absolute Gasteiger partial charge is 0.455 e. The molecule has 0 saturated heterocycles. The molecule has 0 fully saturated rings. The first-order chi connectivity index (χ1) is 8.52. The summed E-state index contributed by atoms with van der Waals surface area (Å²) in [6.07, 6.45) is -5.82. The van der Waals surface area contributed by atoms with Crippen molar-refractivity contribution in [3.05, 3.63) is 28.0 Å². The van der Waals surface area contributed by atoms with Crippen LogP contribution in [-0.2, 0) is 0 Å². The number of ether oxygens (including phenoxy) is 1. The van der Waals surface area contributed by atoms with Crippen LogP contribution in [0.1, 0.15) is 11.6 Å². The minimum Gasteiger partial charge on any atom is -0.496 e. The molecule has 108 valence electrons. The van der Waals surface area contributed by atoms with Gasteiger partial charge in [-0.25, -0.2) is 4.39 Å². The van der Waals surface area contributed by atoms with Crippen molar-refractivity contribution in [3.63, 3.8) is 0 Å². The second-order valence-corrected chi connectivity index (χ2v) is 4.46. The van der Waals surface area contributed by atoms with Crippen molar-refractivity contribution < 1.29 is 31.1 Å². The third-order valence-corrected chi connectivity index (χ3v) is 2.98. The number of alkyl halides is 5. The highest BCUT2D eigenvalue weighted by molar-refractivity contribution is 9.10. The van der Waals surface area contributed by atoms with E-state index in [1.54, 1.807) is 0 Å². The summed E-state index contributed by atoms with van der Waals surface area (Å²) in [6.45, 7) is 0. The largest absolute Gasteiger partial charge is 0.496 e. The zero-order valence-electron chi connectivity index (χ0n) is 9.36. The highest BCUT2D eigenvalue weighted by Gasteiger charge is 2.62. The molecule has 0 heterocycles.